The number of halogens is 1. The highest BCUT2D eigenvalue weighted by molar-refractivity contribution is 5.96. The van der Waals surface area contributed by atoms with Crippen molar-refractivity contribution in [2.24, 2.45) is 0 Å². The first-order chi connectivity index (χ1) is 8.74. The summed E-state index contributed by atoms with van der Waals surface area (Å²) in [5.74, 6) is -1.19. The number of aliphatic hydroxyl groups excluding tert-OH is 1. The summed E-state index contributed by atoms with van der Waals surface area (Å²) in [6.07, 6.45) is 0. The van der Waals surface area contributed by atoms with Crippen LogP contribution in [0.5, 0.6) is 0 Å². The Balaban J connectivity index is 3.33. The van der Waals surface area contributed by atoms with Crippen molar-refractivity contribution in [3.05, 3.63) is 23.5 Å². The van der Waals surface area contributed by atoms with Gasteiger partial charge in [-0.1, -0.05) is 0 Å². The van der Waals surface area contributed by atoms with Crippen LogP contribution in [-0.4, -0.2) is 37.4 Å². The molecule has 0 amide bonds. The third kappa shape index (κ3) is 2.96. The van der Waals surface area contributed by atoms with E-state index in [0.717, 1.165) is 6.07 Å². The summed E-state index contributed by atoms with van der Waals surface area (Å²) >= 11 is 0. The fourth-order valence-electron chi connectivity index (χ4n) is 1.55. The van der Waals surface area contributed by atoms with Gasteiger partial charge in [0.1, 0.15) is 5.82 Å². The van der Waals surface area contributed by atoms with E-state index in [-0.39, 0.29) is 23.5 Å². The number of rotatable bonds is 4. The van der Waals surface area contributed by atoms with Crippen LogP contribution in [-0.2, 0) is 4.74 Å². The number of hydrogen-bond acceptors (Lipinski definition) is 5. The Hall–Kier alpha value is -1.82. The standard InChI is InChI=1S/C13H19FN2O3/c1-13(2,7-17)16(3)11-5-8(12(18)19-4)10(15)6-9(11)14/h5-6,17H,7,15H2,1-4H3. The number of benzene rings is 1. The fourth-order valence-corrected chi connectivity index (χ4v) is 1.55. The van der Waals surface area contributed by atoms with Gasteiger partial charge in [0.25, 0.3) is 0 Å². The lowest BCUT2D eigenvalue weighted by atomic mass is 10.0. The average molecular weight is 270 g/mol. The van der Waals surface area contributed by atoms with Gasteiger partial charge in [0.15, 0.2) is 0 Å². The highest BCUT2D eigenvalue weighted by Crippen LogP contribution is 2.29. The molecule has 6 heteroatoms. The largest absolute Gasteiger partial charge is 0.465 e. The van der Waals surface area contributed by atoms with Crippen LogP contribution in [0.4, 0.5) is 15.8 Å². The predicted molar refractivity (Wildman–Crippen MR) is 71.7 cm³/mol. The Morgan fingerprint density at radius 1 is 1.53 bits per heavy atom. The number of nitrogen functional groups attached to an aromatic ring is 1. The highest BCUT2D eigenvalue weighted by Gasteiger charge is 2.26. The van der Waals surface area contributed by atoms with Crippen LogP contribution in [0.15, 0.2) is 12.1 Å². The molecular weight excluding hydrogens is 251 g/mol. The number of anilines is 2. The third-order valence-corrected chi connectivity index (χ3v) is 3.18. The molecule has 106 valence electrons. The zero-order valence-electron chi connectivity index (χ0n) is 11.5. The van der Waals surface area contributed by atoms with E-state index in [4.69, 9.17) is 5.73 Å². The SMILES string of the molecule is COC(=O)c1cc(N(C)C(C)(C)CO)c(F)cc1N. The number of aliphatic hydroxyl groups is 1. The average Bonchev–Trinajstić information content (AvgIpc) is 2.37. The van der Waals surface area contributed by atoms with Gasteiger partial charge < -0.3 is 20.5 Å². The molecular formula is C13H19FN2O3. The highest BCUT2D eigenvalue weighted by atomic mass is 19.1. The van der Waals surface area contributed by atoms with Gasteiger partial charge in [0, 0.05) is 12.7 Å². The zero-order chi connectivity index (χ0) is 14.8. The van der Waals surface area contributed by atoms with Crippen LogP contribution < -0.4 is 10.6 Å². The minimum atomic E-state index is -0.676. The molecule has 0 aromatic heterocycles. The number of esters is 1. The van der Waals surface area contributed by atoms with E-state index in [1.807, 2.05) is 0 Å². The molecule has 0 spiro atoms. The number of hydrogen-bond donors (Lipinski definition) is 2. The molecule has 0 fully saturated rings. The van der Waals surface area contributed by atoms with Crippen LogP contribution in [0.25, 0.3) is 0 Å². The van der Waals surface area contributed by atoms with Crippen molar-refractivity contribution in [3.63, 3.8) is 0 Å². The maximum absolute atomic E-state index is 14.0. The smallest absolute Gasteiger partial charge is 0.340 e. The monoisotopic (exact) mass is 270 g/mol. The molecule has 0 unspecified atom stereocenters. The second kappa shape index (κ2) is 5.44. The number of ether oxygens (including phenoxy) is 1. The summed E-state index contributed by atoms with van der Waals surface area (Å²) in [5, 5.41) is 9.32. The van der Waals surface area contributed by atoms with E-state index in [1.165, 1.54) is 13.2 Å². The van der Waals surface area contributed by atoms with Gasteiger partial charge in [-0.25, -0.2) is 9.18 Å². The van der Waals surface area contributed by atoms with Crippen LogP contribution in [0.2, 0.25) is 0 Å². The van der Waals surface area contributed by atoms with Gasteiger partial charge in [-0.05, 0) is 26.0 Å². The maximum Gasteiger partial charge on any atom is 0.340 e. The lowest BCUT2D eigenvalue weighted by molar-refractivity contribution is 0.0602. The number of carbonyl (C=O) groups is 1. The summed E-state index contributed by atoms with van der Waals surface area (Å²) in [6.45, 7) is 3.34. The summed E-state index contributed by atoms with van der Waals surface area (Å²) in [6, 6.07) is 2.40. The van der Waals surface area contributed by atoms with Crippen LogP contribution in [0, 0.1) is 5.82 Å². The molecule has 0 saturated carbocycles. The molecule has 0 aliphatic carbocycles. The number of likely N-dealkylation sites (N-methyl/N-ethyl adjacent to an activating group) is 1. The Bertz CT molecular complexity index is 489. The summed E-state index contributed by atoms with van der Waals surface area (Å²) in [7, 11) is 2.86. The van der Waals surface area contributed by atoms with Gasteiger partial charge in [-0.3, -0.25) is 0 Å². The molecule has 0 aliphatic rings. The quantitative estimate of drug-likeness (QED) is 0.639. The molecule has 3 N–H and O–H groups in total. The molecule has 1 rings (SSSR count). The van der Waals surface area contributed by atoms with Gasteiger partial charge >= 0.3 is 5.97 Å². The number of nitrogens with zero attached hydrogens (tertiary/aromatic N) is 1. The van der Waals surface area contributed by atoms with E-state index in [1.54, 1.807) is 25.8 Å². The lowest BCUT2D eigenvalue weighted by Gasteiger charge is -2.36. The summed E-state index contributed by atoms with van der Waals surface area (Å²) in [5.41, 5.74) is 5.21. The van der Waals surface area contributed by atoms with Crippen molar-refractivity contribution in [1.29, 1.82) is 0 Å². The van der Waals surface area contributed by atoms with E-state index in [2.05, 4.69) is 4.74 Å². The molecule has 0 aliphatic heterocycles. The molecule has 0 saturated heterocycles. The Morgan fingerprint density at radius 2 is 2.11 bits per heavy atom. The molecule has 0 heterocycles. The fraction of sp³-hybridized carbons (Fsp3) is 0.462. The van der Waals surface area contributed by atoms with Crippen molar-refractivity contribution in [1.82, 2.24) is 0 Å². The normalized spacial score (nSPS) is 11.3. The van der Waals surface area contributed by atoms with Crippen LogP contribution in [0.3, 0.4) is 0 Å². The zero-order valence-corrected chi connectivity index (χ0v) is 11.5. The molecule has 1 aromatic carbocycles. The minimum absolute atomic E-state index is 0.0169. The predicted octanol–water partition coefficient (Wildman–Crippen LogP) is 1.40. The second-order valence-corrected chi connectivity index (χ2v) is 4.91. The van der Waals surface area contributed by atoms with Crippen molar-refractivity contribution in [2.75, 3.05) is 31.4 Å². The van der Waals surface area contributed by atoms with Gasteiger partial charge in [-0.2, -0.15) is 0 Å². The van der Waals surface area contributed by atoms with E-state index in [9.17, 15) is 14.3 Å². The molecule has 0 bridgehead atoms. The van der Waals surface area contributed by atoms with Gasteiger partial charge in [-0.15, -0.1) is 0 Å². The van der Waals surface area contributed by atoms with Crippen molar-refractivity contribution >= 4 is 17.3 Å². The first kappa shape index (κ1) is 15.2. The van der Waals surface area contributed by atoms with E-state index >= 15 is 0 Å². The summed E-state index contributed by atoms with van der Waals surface area (Å²) in [4.78, 5) is 13.1. The first-order valence-electron chi connectivity index (χ1n) is 5.76. The maximum atomic E-state index is 14.0. The minimum Gasteiger partial charge on any atom is -0.465 e. The molecule has 0 atom stereocenters. The number of nitrogens with two attached hydrogens (primary N) is 1. The molecule has 0 radical (unpaired) electrons. The topological polar surface area (TPSA) is 75.8 Å². The molecule has 19 heavy (non-hydrogen) atoms. The van der Waals surface area contributed by atoms with Crippen molar-refractivity contribution in [3.8, 4) is 0 Å². The van der Waals surface area contributed by atoms with Gasteiger partial charge in [0.05, 0.1) is 30.5 Å². The second-order valence-electron chi connectivity index (χ2n) is 4.91. The van der Waals surface area contributed by atoms with E-state index < -0.39 is 17.3 Å². The molecule has 1 aromatic rings. The van der Waals surface area contributed by atoms with Crippen molar-refractivity contribution < 1.29 is 19.0 Å². The van der Waals surface area contributed by atoms with Crippen LogP contribution in [0.1, 0.15) is 24.2 Å². The Kier molecular flexibility index (Phi) is 4.36. The third-order valence-electron chi connectivity index (χ3n) is 3.18. The summed E-state index contributed by atoms with van der Waals surface area (Å²) < 4.78 is 18.6. The Morgan fingerprint density at radius 3 is 2.58 bits per heavy atom. The van der Waals surface area contributed by atoms with Crippen molar-refractivity contribution in [2.45, 2.75) is 19.4 Å². The van der Waals surface area contributed by atoms with Crippen LogP contribution >= 0.6 is 0 Å². The van der Waals surface area contributed by atoms with E-state index in [0.29, 0.717) is 0 Å². The van der Waals surface area contributed by atoms with Gasteiger partial charge in [0.2, 0.25) is 0 Å². The number of methoxy groups -OCH3 is 1. The molecule has 5 nitrogen and oxygen atoms in total. The first-order valence-corrected chi connectivity index (χ1v) is 5.76. The Labute approximate surface area is 111 Å². The number of carbonyl (C=O) groups excluding carboxylic acids is 1. The lowest BCUT2D eigenvalue weighted by Crippen LogP contribution is -2.44.